The topological polar surface area (TPSA) is 176 Å². The first-order valence-electron chi connectivity index (χ1n) is 15.9. The van der Waals surface area contributed by atoms with E-state index < -0.39 is 41.8 Å². The van der Waals surface area contributed by atoms with Crippen molar-refractivity contribution in [3.05, 3.63) is 114 Å². The maximum Gasteiger partial charge on any atom is 0.334 e. The van der Waals surface area contributed by atoms with Crippen molar-refractivity contribution >= 4 is 52.8 Å². The van der Waals surface area contributed by atoms with Gasteiger partial charge in [0.25, 0.3) is 5.91 Å². The molecule has 3 amide bonds. The monoisotopic (exact) mass is 686 g/mol. The van der Waals surface area contributed by atoms with Crippen LogP contribution in [0.2, 0.25) is 0 Å². The fourth-order valence-corrected chi connectivity index (χ4v) is 5.18. The van der Waals surface area contributed by atoms with Crippen LogP contribution in [0.25, 0.3) is 10.8 Å². The molecule has 0 spiro atoms. The lowest BCUT2D eigenvalue weighted by atomic mass is 10.00. The molecule has 0 aliphatic heterocycles. The molecule has 0 saturated carbocycles. The Labute approximate surface area is 292 Å². The maximum absolute atomic E-state index is 13.8. The van der Waals surface area contributed by atoms with E-state index in [0.717, 1.165) is 16.3 Å². The van der Waals surface area contributed by atoms with Gasteiger partial charge in [-0.05, 0) is 47.9 Å². The van der Waals surface area contributed by atoms with Crippen molar-refractivity contribution in [3.63, 3.8) is 0 Å². The van der Waals surface area contributed by atoms with Crippen LogP contribution in [0.15, 0.2) is 103 Å². The molecule has 0 aliphatic carbocycles. The van der Waals surface area contributed by atoms with Crippen LogP contribution >= 0.6 is 12.4 Å². The van der Waals surface area contributed by atoms with Crippen LogP contribution in [0.3, 0.4) is 0 Å². The molecule has 0 bridgehead atoms. The molecule has 12 heteroatoms. The molecule has 0 saturated heterocycles. The molecule has 7 N–H and O–H groups in total. The highest BCUT2D eigenvalue weighted by Crippen LogP contribution is 2.25. The third-order valence-electron chi connectivity index (χ3n) is 7.73. The van der Waals surface area contributed by atoms with Crippen LogP contribution in [-0.4, -0.2) is 54.3 Å². The van der Waals surface area contributed by atoms with E-state index in [1.807, 2.05) is 60.7 Å². The van der Waals surface area contributed by atoms with Gasteiger partial charge in [-0.15, -0.1) is 12.4 Å². The summed E-state index contributed by atoms with van der Waals surface area (Å²) in [5.41, 5.74) is 6.63. The smallest absolute Gasteiger partial charge is 0.334 e. The Kier molecular flexibility index (Phi) is 14.6. The molecule has 0 heterocycles. The molecule has 0 unspecified atom stereocenters. The van der Waals surface area contributed by atoms with Gasteiger partial charge < -0.3 is 31.7 Å². The first-order valence-corrected chi connectivity index (χ1v) is 15.9. The van der Waals surface area contributed by atoms with Crippen molar-refractivity contribution in [2.24, 2.45) is 11.7 Å². The number of carbonyl (C=O) groups excluding carboxylic acids is 4. The van der Waals surface area contributed by atoms with E-state index >= 15 is 0 Å². The van der Waals surface area contributed by atoms with E-state index in [4.69, 9.17) is 15.9 Å². The highest BCUT2D eigenvalue weighted by Gasteiger charge is 2.32. The second-order valence-corrected chi connectivity index (χ2v) is 11.8. The lowest BCUT2D eigenvalue weighted by Crippen LogP contribution is -2.58. The summed E-state index contributed by atoms with van der Waals surface area (Å²) in [4.78, 5) is 54.1. The molecule has 3 atom stereocenters. The van der Waals surface area contributed by atoms with Gasteiger partial charge in [0.1, 0.15) is 23.9 Å². The van der Waals surface area contributed by atoms with E-state index in [-0.39, 0.29) is 37.1 Å². The summed E-state index contributed by atoms with van der Waals surface area (Å²) in [5, 5.41) is 20.2. The molecular formula is C37H43ClN6O5. The number of fused-ring (bicyclic) bond motifs is 1. The molecule has 258 valence electrons. The second-order valence-electron chi connectivity index (χ2n) is 11.8. The van der Waals surface area contributed by atoms with Gasteiger partial charge in [-0.25, -0.2) is 4.79 Å². The fourth-order valence-electron chi connectivity index (χ4n) is 5.18. The molecule has 11 nitrogen and oxygen atoms in total. The SMILES string of the molecule is CC(C)[C@H](NC(=O)[C@H](Cc1ccccc1)NC(=O)c1ccccc1)C(=O)N[C@@H](CCCNC(=N)N)C(=O)Oc1cccc2ccccc12.Cl. The Morgan fingerprint density at radius 3 is 2.06 bits per heavy atom. The van der Waals surface area contributed by atoms with Crippen LogP contribution in [0.5, 0.6) is 5.75 Å². The van der Waals surface area contributed by atoms with Crippen molar-refractivity contribution in [3.8, 4) is 5.75 Å². The van der Waals surface area contributed by atoms with Crippen LogP contribution in [-0.2, 0) is 20.8 Å². The zero-order valence-electron chi connectivity index (χ0n) is 27.5. The predicted octanol–water partition coefficient (Wildman–Crippen LogP) is 4.10. The van der Waals surface area contributed by atoms with Gasteiger partial charge in [-0.3, -0.25) is 19.8 Å². The number of guanidine groups is 1. The maximum atomic E-state index is 13.8. The Morgan fingerprint density at radius 2 is 1.39 bits per heavy atom. The van der Waals surface area contributed by atoms with E-state index in [9.17, 15) is 19.2 Å². The Morgan fingerprint density at radius 1 is 0.755 bits per heavy atom. The second kappa shape index (κ2) is 18.8. The van der Waals surface area contributed by atoms with Gasteiger partial charge in [-0.2, -0.15) is 0 Å². The van der Waals surface area contributed by atoms with Crippen molar-refractivity contribution in [2.75, 3.05) is 6.54 Å². The lowest BCUT2D eigenvalue weighted by Gasteiger charge is -2.27. The molecule has 0 aliphatic rings. The van der Waals surface area contributed by atoms with E-state index in [1.165, 1.54) is 0 Å². The minimum Gasteiger partial charge on any atom is -0.424 e. The number of rotatable bonds is 15. The summed E-state index contributed by atoms with van der Waals surface area (Å²) < 4.78 is 5.80. The van der Waals surface area contributed by atoms with Crippen LogP contribution in [0.1, 0.15) is 42.6 Å². The largest absolute Gasteiger partial charge is 0.424 e. The van der Waals surface area contributed by atoms with Crippen LogP contribution < -0.4 is 31.7 Å². The molecule has 0 fully saturated rings. The average molecular weight is 687 g/mol. The molecule has 0 aromatic heterocycles. The first kappa shape index (κ1) is 38.0. The number of amides is 3. The van der Waals surface area contributed by atoms with Gasteiger partial charge in [0, 0.05) is 23.9 Å². The van der Waals surface area contributed by atoms with Gasteiger partial charge >= 0.3 is 5.97 Å². The van der Waals surface area contributed by atoms with Crippen LogP contribution in [0.4, 0.5) is 0 Å². The summed E-state index contributed by atoms with van der Waals surface area (Å²) >= 11 is 0. The average Bonchev–Trinajstić information content (AvgIpc) is 3.08. The highest BCUT2D eigenvalue weighted by atomic mass is 35.5. The molecule has 0 radical (unpaired) electrons. The minimum atomic E-state index is -1.07. The molecule has 49 heavy (non-hydrogen) atoms. The zero-order chi connectivity index (χ0) is 34.5. The van der Waals surface area contributed by atoms with Gasteiger partial charge in [0.2, 0.25) is 11.8 Å². The van der Waals surface area contributed by atoms with Gasteiger partial charge in [-0.1, -0.05) is 98.8 Å². The van der Waals surface area contributed by atoms with E-state index in [0.29, 0.717) is 24.3 Å². The number of carbonyl (C=O) groups is 4. The van der Waals surface area contributed by atoms with Gasteiger partial charge in [0.05, 0.1) is 0 Å². The molecule has 4 rings (SSSR count). The normalized spacial score (nSPS) is 12.5. The number of nitrogens with two attached hydrogens (primary N) is 1. The Hall–Kier alpha value is -5.42. The molecule has 4 aromatic rings. The third-order valence-corrected chi connectivity index (χ3v) is 7.73. The van der Waals surface area contributed by atoms with Crippen molar-refractivity contribution in [2.45, 2.75) is 51.2 Å². The minimum absolute atomic E-state index is 0. The fraction of sp³-hybridized carbons (Fsp3) is 0.270. The third kappa shape index (κ3) is 11.4. The number of nitrogens with one attached hydrogen (secondary N) is 5. The summed E-state index contributed by atoms with van der Waals surface area (Å²) in [5.74, 6) is -2.44. The van der Waals surface area contributed by atoms with E-state index in [2.05, 4.69) is 21.3 Å². The number of esters is 1. The molecule has 4 aromatic carbocycles. The number of hydrogen-bond donors (Lipinski definition) is 6. The van der Waals surface area contributed by atoms with Crippen molar-refractivity contribution in [1.29, 1.82) is 5.41 Å². The lowest BCUT2D eigenvalue weighted by molar-refractivity contribution is -0.140. The first-order chi connectivity index (χ1) is 23.1. The standard InChI is InChI=1S/C37H42N6O5.ClH/c1-24(2)32(43-34(45)30(23-25-13-5-3-6-14-25)42-33(44)27-16-7-4-8-17-27)35(46)41-29(20-12-22-40-37(38)39)36(47)48-31-21-11-18-26-15-9-10-19-28(26)31;/h3-11,13-19,21,24,29-30,32H,12,20,22-23H2,1-2H3,(H,41,46)(H,42,44)(H,43,45)(H4,38,39,40);1H/t29-,30-,32-;/m0./s1. The van der Waals surface area contributed by atoms with E-state index in [1.54, 1.807) is 56.3 Å². The number of ether oxygens (including phenoxy) is 1. The highest BCUT2D eigenvalue weighted by molar-refractivity contribution is 5.99. The quantitative estimate of drug-likeness (QED) is 0.0359. The Bertz CT molecular complexity index is 1720. The van der Waals surface area contributed by atoms with Crippen LogP contribution in [0, 0.1) is 11.3 Å². The zero-order valence-corrected chi connectivity index (χ0v) is 28.3. The summed E-state index contributed by atoms with van der Waals surface area (Å²) in [6, 6.07) is 27.6. The summed E-state index contributed by atoms with van der Waals surface area (Å²) in [6.45, 7) is 3.86. The predicted molar refractivity (Wildman–Crippen MR) is 193 cm³/mol. The van der Waals surface area contributed by atoms with Crippen molar-refractivity contribution in [1.82, 2.24) is 21.3 Å². The summed E-state index contributed by atoms with van der Waals surface area (Å²) in [7, 11) is 0. The number of halogens is 1. The Balaban J connectivity index is 0.00000650. The van der Waals surface area contributed by atoms with Crippen molar-refractivity contribution < 1.29 is 23.9 Å². The summed E-state index contributed by atoms with van der Waals surface area (Å²) in [6.07, 6.45) is 0.761. The number of hydrogen-bond acceptors (Lipinski definition) is 6. The molecular weight excluding hydrogens is 644 g/mol. The number of benzene rings is 4. The van der Waals surface area contributed by atoms with Gasteiger partial charge in [0.15, 0.2) is 5.96 Å².